The molecule has 2 heteroatoms. The molecule has 0 aromatic rings. The molecule has 3 atom stereocenters. The number of nitrogens with one attached hydrogen (secondary N) is 1. The first-order valence-corrected chi connectivity index (χ1v) is 9.48. The Morgan fingerprint density at radius 2 is 1.52 bits per heavy atom. The average molecular weight is 295 g/mol. The molecule has 2 rings (SSSR count). The molecule has 0 amide bonds. The van der Waals surface area contributed by atoms with Gasteiger partial charge in [0.2, 0.25) is 0 Å². The van der Waals surface area contributed by atoms with E-state index in [1.165, 1.54) is 64.3 Å². The van der Waals surface area contributed by atoms with E-state index in [2.05, 4.69) is 38.2 Å². The summed E-state index contributed by atoms with van der Waals surface area (Å²) in [4.78, 5) is 2.34. The molecule has 0 heterocycles. The van der Waals surface area contributed by atoms with Gasteiger partial charge in [-0.2, -0.15) is 0 Å². The van der Waals surface area contributed by atoms with Crippen molar-refractivity contribution in [2.45, 2.75) is 83.7 Å². The minimum atomic E-state index is 0.647. The van der Waals surface area contributed by atoms with E-state index in [1.807, 2.05) is 0 Å². The van der Waals surface area contributed by atoms with E-state index in [0.29, 0.717) is 6.04 Å². The summed E-state index contributed by atoms with van der Waals surface area (Å²) in [6.45, 7) is 5.92. The molecule has 21 heavy (non-hydrogen) atoms. The van der Waals surface area contributed by atoms with Gasteiger partial charge in [0.1, 0.15) is 0 Å². The lowest BCUT2D eigenvalue weighted by Crippen LogP contribution is -2.51. The first-order valence-electron chi connectivity index (χ1n) is 9.48. The molecular formula is C19H38N2. The predicted molar refractivity (Wildman–Crippen MR) is 92.6 cm³/mol. The smallest absolute Gasteiger partial charge is 0.0220 e. The highest BCUT2D eigenvalue weighted by atomic mass is 15.1. The molecule has 0 saturated heterocycles. The van der Waals surface area contributed by atoms with E-state index >= 15 is 0 Å². The molecule has 0 aliphatic heterocycles. The normalized spacial score (nSPS) is 30.0. The predicted octanol–water partition coefficient (Wildman–Crippen LogP) is 4.30. The van der Waals surface area contributed by atoms with Crippen LogP contribution in [0.25, 0.3) is 0 Å². The summed E-state index contributed by atoms with van der Waals surface area (Å²) in [5, 5.41) is 4.09. The van der Waals surface area contributed by atoms with Gasteiger partial charge in [0.05, 0.1) is 0 Å². The van der Waals surface area contributed by atoms with Crippen LogP contribution in [0.15, 0.2) is 0 Å². The van der Waals surface area contributed by atoms with Crippen LogP contribution in [0, 0.1) is 17.8 Å². The third kappa shape index (κ3) is 5.25. The first-order chi connectivity index (χ1) is 10.1. The largest absolute Gasteiger partial charge is 0.309 e. The maximum absolute atomic E-state index is 4.09. The zero-order valence-corrected chi connectivity index (χ0v) is 14.9. The van der Waals surface area contributed by atoms with E-state index < -0.39 is 0 Å². The van der Waals surface area contributed by atoms with Crippen LogP contribution in [0.5, 0.6) is 0 Å². The van der Waals surface area contributed by atoms with E-state index in [9.17, 15) is 0 Å². The van der Waals surface area contributed by atoms with Crippen LogP contribution in [0.2, 0.25) is 0 Å². The standard InChI is InChI=1S/C19H38N2/c1-15(2)19(14-21(3)4)20-18-13-9-8-12-17(18)16-10-6-5-7-11-16/h15-20H,5-14H2,1-4H3. The van der Waals surface area contributed by atoms with Gasteiger partial charge in [0.15, 0.2) is 0 Å². The minimum absolute atomic E-state index is 0.647. The Balaban J connectivity index is 1.96. The van der Waals surface area contributed by atoms with Crippen LogP contribution in [-0.4, -0.2) is 37.6 Å². The number of nitrogens with zero attached hydrogens (tertiary/aromatic N) is 1. The number of hydrogen-bond acceptors (Lipinski definition) is 2. The average Bonchev–Trinajstić information content (AvgIpc) is 2.47. The minimum Gasteiger partial charge on any atom is -0.309 e. The summed E-state index contributed by atoms with van der Waals surface area (Å²) >= 11 is 0. The van der Waals surface area contributed by atoms with E-state index in [-0.39, 0.29) is 0 Å². The van der Waals surface area contributed by atoms with Gasteiger partial charge < -0.3 is 10.2 Å². The summed E-state index contributed by atoms with van der Waals surface area (Å²) in [6.07, 6.45) is 13.3. The number of rotatable bonds is 6. The van der Waals surface area contributed by atoms with Gasteiger partial charge in [-0.25, -0.2) is 0 Å². The molecule has 0 bridgehead atoms. The summed E-state index contributed by atoms with van der Waals surface area (Å²) in [5.41, 5.74) is 0. The molecule has 2 nitrogen and oxygen atoms in total. The van der Waals surface area contributed by atoms with E-state index in [1.54, 1.807) is 0 Å². The van der Waals surface area contributed by atoms with Crippen LogP contribution < -0.4 is 5.32 Å². The molecule has 0 radical (unpaired) electrons. The van der Waals surface area contributed by atoms with Crippen molar-refractivity contribution >= 4 is 0 Å². The van der Waals surface area contributed by atoms with Gasteiger partial charge >= 0.3 is 0 Å². The Morgan fingerprint density at radius 1 is 0.905 bits per heavy atom. The van der Waals surface area contributed by atoms with Crippen molar-refractivity contribution in [1.82, 2.24) is 10.2 Å². The third-order valence-electron chi connectivity index (χ3n) is 5.87. The van der Waals surface area contributed by atoms with Gasteiger partial charge in [0, 0.05) is 18.6 Å². The van der Waals surface area contributed by atoms with Crippen molar-refractivity contribution in [3.63, 3.8) is 0 Å². The Bertz CT molecular complexity index is 281. The maximum Gasteiger partial charge on any atom is 0.0220 e. The molecular weight excluding hydrogens is 256 g/mol. The second-order valence-corrected chi connectivity index (χ2v) is 8.23. The molecule has 2 aliphatic carbocycles. The van der Waals surface area contributed by atoms with Gasteiger partial charge in [-0.3, -0.25) is 0 Å². The highest BCUT2D eigenvalue weighted by molar-refractivity contribution is 4.89. The molecule has 0 spiro atoms. The molecule has 1 N–H and O–H groups in total. The third-order valence-corrected chi connectivity index (χ3v) is 5.87. The molecule has 124 valence electrons. The van der Waals surface area contributed by atoms with Crippen LogP contribution >= 0.6 is 0 Å². The van der Waals surface area contributed by atoms with Crippen LogP contribution in [0.1, 0.15) is 71.6 Å². The summed E-state index contributed by atoms with van der Waals surface area (Å²) in [5.74, 6) is 2.70. The van der Waals surface area contributed by atoms with Crippen molar-refractivity contribution in [3.8, 4) is 0 Å². The lowest BCUT2D eigenvalue weighted by Gasteiger charge is -2.42. The van der Waals surface area contributed by atoms with Gasteiger partial charge in [0.25, 0.3) is 0 Å². The fourth-order valence-corrected chi connectivity index (χ4v) is 4.62. The summed E-state index contributed by atoms with van der Waals surface area (Å²) < 4.78 is 0. The van der Waals surface area contributed by atoms with Crippen molar-refractivity contribution in [3.05, 3.63) is 0 Å². The Kier molecular flexibility index (Phi) is 7.01. The highest BCUT2D eigenvalue weighted by Crippen LogP contribution is 2.38. The molecule has 2 fully saturated rings. The molecule has 2 aliphatic rings. The zero-order chi connectivity index (χ0) is 15.2. The second kappa shape index (κ2) is 8.53. The van der Waals surface area contributed by atoms with Gasteiger partial charge in [-0.15, -0.1) is 0 Å². The summed E-state index contributed by atoms with van der Waals surface area (Å²) in [7, 11) is 4.41. The zero-order valence-electron chi connectivity index (χ0n) is 14.9. The number of hydrogen-bond donors (Lipinski definition) is 1. The lowest BCUT2D eigenvalue weighted by molar-refractivity contribution is 0.129. The SMILES string of the molecule is CC(C)C(CN(C)C)NC1CCCCC1C1CCCCC1. The van der Waals surface area contributed by atoms with Crippen molar-refractivity contribution < 1.29 is 0 Å². The Labute approximate surface area is 133 Å². The fraction of sp³-hybridized carbons (Fsp3) is 1.00. The number of likely N-dealkylation sites (N-methyl/N-ethyl adjacent to an activating group) is 1. The van der Waals surface area contributed by atoms with Crippen molar-refractivity contribution in [2.75, 3.05) is 20.6 Å². The first kappa shape index (κ1) is 17.3. The summed E-state index contributed by atoms with van der Waals surface area (Å²) in [6, 6.07) is 1.43. The maximum atomic E-state index is 4.09. The van der Waals surface area contributed by atoms with Gasteiger partial charge in [-0.1, -0.05) is 58.8 Å². The van der Waals surface area contributed by atoms with E-state index in [0.717, 1.165) is 23.8 Å². The monoisotopic (exact) mass is 294 g/mol. The van der Waals surface area contributed by atoms with Crippen molar-refractivity contribution in [2.24, 2.45) is 17.8 Å². The fourth-order valence-electron chi connectivity index (χ4n) is 4.62. The topological polar surface area (TPSA) is 15.3 Å². The Morgan fingerprint density at radius 3 is 2.14 bits per heavy atom. The second-order valence-electron chi connectivity index (χ2n) is 8.23. The molecule has 2 saturated carbocycles. The quantitative estimate of drug-likeness (QED) is 0.785. The highest BCUT2D eigenvalue weighted by Gasteiger charge is 2.33. The lowest BCUT2D eigenvalue weighted by atomic mass is 9.70. The molecule has 0 aromatic heterocycles. The van der Waals surface area contributed by atoms with Crippen LogP contribution in [0.4, 0.5) is 0 Å². The van der Waals surface area contributed by atoms with E-state index in [4.69, 9.17) is 0 Å². The Hall–Kier alpha value is -0.0800. The van der Waals surface area contributed by atoms with Crippen LogP contribution in [0.3, 0.4) is 0 Å². The molecule has 3 unspecified atom stereocenters. The van der Waals surface area contributed by atoms with Crippen LogP contribution in [-0.2, 0) is 0 Å². The van der Waals surface area contributed by atoms with Crippen molar-refractivity contribution in [1.29, 1.82) is 0 Å². The molecule has 0 aromatic carbocycles. The van der Waals surface area contributed by atoms with Gasteiger partial charge in [-0.05, 0) is 44.7 Å².